The Hall–Kier alpha value is -2.93. The highest BCUT2D eigenvalue weighted by molar-refractivity contribution is 8.00. The van der Waals surface area contributed by atoms with Gasteiger partial charge in [-0.2, -0.15) is 0 Å². The Balaban J connectivity index is 1.82. The topological polar surface area (TPSA) is 98.0 Å². The number of para-hydroxylation sites is 3. The van der Waals surface area contributed by atoms with E-state index in [2.05, 4.69) is 15.3 Å². The number of benzene rings is 2. The molecule has 1 aromatic heterocycles. The molecule has 6 nitrogen and oxygen atoms in total. The van der Waals surface area contributed by atoms with E-state index >= 15 is 0 Å². The second-order valence-electron chi connectivity index (χ2n) is 4.95. The van der Waals surface area contributed by atoms with Crippen molar-refractivity contribution in [1.82, 2.24) is 9.97 Å². The van der Waals surface area contributed by atoms with Gasteiger partial charge in [-0.15, -0.1) is 11.8 Å². The van der Waals surface area contributed by atoms with Gasteiger partial charge in [0.15, 0.2) is 0 Å². The summed E-state index contributed by atoms with van der Waals surface area (Å²) in [5.41, 5.74) is 7.38. The van der Waals surface area contributed by atoms with Crippen LogP contribution in [0, 0.1) is 0 Å². The summed E-state index contributed by atoms with van der Waals surface area (Å²) in [5, 5.41) is 2.80. The molecule has 120 valence electrons. The van der Waals surface area contributed by atoms with Crippen LogP contribution in [-0.4, -0.2) is 27.5 Å². The van der Waals surface area contributed by atoms with Gasteiger partial charge < -0.3 is 11.1 Å². The normalized spacial score (nSPS) is 10.5. The van der Waals surface area contributed by atoms with E-state index in [0.29, 0.717) is 11.2 Å². The molecule has 0 aliphatic rings. The Morgan fingerprint density at radius 1 is 1.04 bits per heavy atom. The summed E-state index contributed by atoms with van der Waals surface area (Å²) >= 11 is 1.27. The first-order valence-corrected chi connectivity index (χ1v) is 8.15. The summed E-state index contributed by atoms with van der Waals surface area (Å²) in [4.78, 5) is 32.7. The van der Waals surface area contributed by atoms with Gasteiger partial charge in [0.2, 0.25) is 5.91 Å². The van der Waals surface area contributed by atoms with E-state index in [9.17, 15) is 9.59 Å². The molecule has 2 amide bonds. The van der Waals surface area contributed by atoms with Crippen LogP contribution >= 0.6 is 11.8 Å². The first-order valence-electron chi connectivity index (χ1n) is 7.17. The van der Waals surface area contributed by atoms with Crippen LogP contribution in [0.2, 0.25) is 0 Å². The fourth-order valence-corrected chi connectivity index (χ4v) is 2.84. The molecule has 0 saturated carbocycles. The zero-order chi connectivity index (χ0) is 16.9. The molecule has 0 fully saturated rings. The number of amides is 2. The quantitative estimate of drug-likeness (QED) is 0.696. The molecule has 3 aromatic rings. The summed E-state index contributed by atoms with van der Waals surface area (Å²) in [6.07, 6.45) is 1.44. The van der Waals surface area contributed by atoms with E-state index in [1.54, 1.807) is 18.2 Å². The molecule has 3 rings (SSSR count). The SMILES string of the molecule is NC(=O)CSc1ccccc1NC(=O)c1cnc2ccccc2n1. The number of nitrogens with zero attached hydrogens (tertiary/aromatic N) is 2. The highest BCUT2D eigenvalue weighted by Gasteiger charge is 2.12. The Bertz CT molecular complexity index is 914. The van der Waals surface area contributed by atoms with E-state index in [1.165, 1.54) is 18.0 Å². The van der Waals surface area contributed by atoms with E-state index in [-0.39, 0.29) is 17.4 Å². The first-order chi connectivity index (χ1) is 11.6. The van der Waals surface area contributed by atoms with Gasteiger partial charge in [-0.25, -0.2) is 4.98 Å². The predicted octanol–water partition coefficient (Wildman–Crippen LogP) is 2.46. The molecule has 0 aliphatic carbocycles. The molecule has 0 aliphatic heterocycles. The van der Waals surface area contributed by atoms with E-state index < -0.39 is 5.91 Å². The summed E-state index contributed by atoms with van der Waals surface area (Å²) in [7, 11) is 0. The predicted molar refractivity (Wildman–Crippen MR) is 93.9 cm³/mol. The fourth-order valence-electron chi connectivity index (χ4n) is 2.10. The summed E-state index contributed by atoms with van der Waals surface area (Å²) in [6.45, 7) is 0. The minimum Gasteiger partial charge on any atom is -0.369 e. The summed E-state index contributed by atoms with van der Waals surface area (Å²) in [6, 6.07) is 14.5. The molecule has 0 saturated heterocycles. The number of carbonyl (C=O) groups excluding carboxylic acids is 2. The zero-order valence-electron chi connectivity index (χ0n) is 12.6. The van der Waals surface area contributed by atoms with E-state index in [0.717, 1.165) is 10.4 Å². The number of hydrogen-bond acceptors (Lipinski definition) is 5. The second kappa shape index (κ2) is 7.10. The fraction of sp³-hybridized carbons (Fsp3) is 0.0588. The number of rotatable bonds is 5. The van der Waals surface area contributed by atoms with Crippen LogP contribution in [0.3, 0.4) is 0 Å². The van der Waals surface area contributed by atoms with Crippen molar-refractivity contribution >= 4 is 40.3 Å². The second-order valence-corrected chi connectivity index (χ2v) is 5.97. The molecule has 2 aromatic carbocycles. The average molecular weight is 338 g/mol. The van der Waals surface area contributed by atoms with Crippen LogP contribution < -0.4 is 11.1 Å². The maximum absolute atomic E-state index is 12.4. The monoisotopic (exact) mass is 338 g/mol. The Labute approximate surface area is 142 Å². The Kier molecular flexibility index (Phi) is 4.72. The average Bonchev–Trinajstić information content (AvgIpc) is 2.60. The number of fused-ring (bicyclic) bond motifs is 1. The number of primary amides is 1. The molecule has 0 radical (unpaired) electrons. The van der Waals surface area contributed by atoms with Crippen molar-refractivity contribution in [2.45, 2.75) is 4.90 Å². The third kappa shape index (κ3) is 3.69. The van der Waals surface area contributed by atoms with Crippen molar-refractivity contribution in [3.05, 3.63) is 60.4 Å². The number of nitrogens with two attached hydrogens (primary N) is 1. The number of hydrogen-bond donors (Lipinski definition) is 2. The number of thioether (sulfide) groups is 1. The third-order valence-electron chi connectivity index (χ3n) is 3.19. The van der Waals surface area contributed by atoms with E-state index in [1.807, 2.05) is 30.3 Å². The van der Waals surface area contributed by atoms with Crippen molar-refractivity contribution in [2.75, 3.05) is 11.1 Å². The van der Waals surface area contributed by atoms with Gasteiger partial charge in [-0.05, 0) is 24.3 Å². The molecular weight excluding hydrogens is 324 g/mol. The maximum atomic E-state index is 12.4. The van der Waals surface area contributed by atoms with Gasteiger partial charge in [0, 0.05) is 4.90 Å². The van der Waals surface area contributed by atoms with E-state index in [4.69, 9.17) is 5.73 Å². The van der Waals surface area contributed by atoms with Crippen molar-refractivity contribution in [3.63, 3.8) is 0 Å². The number of carbonyl (C=O) groups is 2. The Morgan fingerprint density at radius 2 is 1.75 bits per heavy atom. The minimum atomic E-state index is -0.415. The number of anilines is 1. The highest BCUT2D eigenvalue weighted by Crippen LogP contribution is 2.27. The van der Waals surface area contributed by atoms with Gasteiger partial charge in [0.25, 0.3) is 5.91 Å². The van der Waals surface area contributed by atoms with Crippen molar-refractivity contribution < 1.29 is 9.59 Å². The van der Waals surface area contributed by atoms with Gasteiger partial charge in [-0.1, -0.05) is 24.3 Å². The molecule has 0 spiro atoms. The van der Waals surface area contributed by atoms with Gasteiger partial charge in [-0.3, -0.25) is 14.6 Å². The van der Waals surface area contributed by atoms with Crippen LogP contribution in [-0.2, 0) is 4.79 Å². The molecular formula is C17H14N4O2S. The van der Waals surface area contributed by atoms with Gasteiger partial charge >= 0.3 is 0 Å². The van der Waals surface area contributed by atoms with Crippen molar-refractivity contribution in [3.8, 4) is 0 Å². The molecule has 24 heavy (non-hydrogen) atoms. The van der Waals surface area contributed by atoms with Gasteiger partial charge in [0.05, 0.1) is 28.7 Å². The minimum absolute atomic E-state index is 0.142. The smallest absolute Gasteiger partial charge is 0.275 e. The highest BCUT2D eigenvalue weighted by atomic mass is 32.2. The molecule has 0 atom stereocenters. The lowest BCUT2D eigenvalue weighted by Crippen LogP contribution is -2.16. The standard InChI is InChI=1S/C17H14N4O2S/c18-16(22)10-24-15-8-4-3-7-13(15)21-17(23)14-9-19-11-5-1-2-6-12(11)20-14/h1-9H,10H2,(H2,18,22)(H,21,23). The maximum Gasteiger partial charge on any atom is 0.275 e. The largest absolute Gasteiger partial charge is 0.369 e. The summed E-state index contributed by atoms with van der Waals surface area (Å²) in [5.74, 6) is -0.634. The molecule has 0 bridgehead atoms. The lowest BCUT2D eigenvalue weighted by molar-refractivity contribution is -0.115. The zero-order valence-corrected chi connectivity index (χ0v) is 13.4. The number of aromatic nitrogens is 2. The lowest BCUT2D eigenvalue weighted by Gasteiger charge is -2.10. The number of nitrogens with one attached hydrogen (secondary N) is 1. The summed E-state index contributed by atoms with van der Waals surface area (Å²) < 4.78 is 0. The van der Waals surface area contributed by atoms with Crippen LogP contribution in [0.25, 0.3) is 11.0 Å². The van der Waals surface area contributed by atoms with Crippen LogP contribution in [0.4, 0.5) is 5.69 Å². The van der Waals surface area contributed by atoms with Crippen LogP contribution in [0.1, 0.15) is 10.5 Å². The van der Waals surface area contributed by atoms with Gasteiger partial charge in [0.1, 0.15) is 5.69 Å². The first kappa shape index (κ1) is 15.9. The van der Waals surface area contributed by atoms with Crippen molar-refractivity contribution in [1.29, 1.82) is 0 Å². The van der Waals surface area contributed by atoms with Crippen LogP contribution in [0.5, 0.6) is 0 Å². The lowest BCUT2D eigenvalue weighted by atomic mass is 10.2. The Morgan fingerprint density at radius 3 is 2.54 bits per heavy atom. The molecule has 7 heteroatoms. The van der Waals surface area contributed by atoms with Crippen molar-refractivity contribution in [2.24, 2.45) is 5.73 Å². The molecule has 1 heterocycles. The molecule has 3 N–H and O–H groups in total. The molecule has 0 unspecified atom stereocenters. The third-order valence-corrected chi connectivity index (χ3v) is 4.28. The van der Waals surface area contributed by atoms with Crippen LogP contribution in [0.15, 0.2) is 59.6 Å².